The second kappa shape index (κ2) is 8.21. The van der Waals surface area contributed by atoms with Crippen molar-refractivity contribution in [1.82, 2.24) is 14.3 Å². The Morgan fingerprint density at radius 2 is 1.88 bits per heavy atom. The van der Waals surface area contributed by atoms with Gasteiger partial charge in [-0.05, 0) is 75.2 Å². The molecular formula is C27H32N4O. The van der Waals surface area contributed by atoms with Gasteiger partial charge in [0.15, 0.2) is 5.78 Å². The van der Waals surface area contributed by atoms with Gasteiger partial charge < -0.3 is 14.2 Å². The first kappa shape index (κ1) is 21.0. The summed E-state index contributed by atoms with van der Waals surface area (Å²) in [4.78, 5) is 22.4. The molecule has 32 heavy (non-hydrogen) atoms. The lowest BCUT2D eigenvalue weighted by atomic mass is 9.92. The molecule has 0 N–H and O–H groups in total. The highest BCUT2D eigenvalue weighted by Gasteiger charge is 2.26. The Morgan fingerprint density at radius 1 is 1.09 bits per heavy atom. The van der Waals surface area contributed by atoms with Gasteiger partial charge in [0, 0.05) is 54.8 Å². The van der Waals surface area contributed by atoms with E-state index >= 15 is 0 Å². The highest BCUT2D eigenvalue weighted by Crippen LogP contribution is 2.36. The van der Waals surface area contributed by atoms with E-state index in [1.165, 1.54) is 24.1 Å². The number of piperidine rings is 1. The summed E-state index contributed by atoms with van der Waals surface area (Å²) in [5.74, 6) is 0.411. The lowest BCUT2D eigenvalue weighted by molar-refractivity contribution is -0.113. The number of hydrogen-bond acceptors (Lipinski definition) is 4. The van der Waals surface area contributed by atoms with Gasteiger partial charge >= 0.3 is 0 Å². The maximum absolute atomic E-state index is 13.2. The highest BCUT2D eigenvalue weighted by molar-refractivity contribution is 6.26. The Balaban J connectivity index is 1.47. The van der Waals surface area contributed by atoms with E-state index in [9.17, 15) is 4.79 Å². The van der Waals surface area contributed by atoms with Gasteiger partial charge in [-0.15, -0.1) is 0 Å². The lowest BCUT2D eigenvalue weighted by Crippen LogP contribution is -2.42. The van der Waals surface area contributed by atoms with Gasteiger partial charge in [-0.3, -0.25) is 9.78 Å². The summed E-state index contributed by atoms with van der Waals surface area (Å²) < 4.78 is 2.06. The van der Waals surface area contributed by atoms with Crippen molar-refractivity contribution >= 4 is 28.6 Å². The molecule has 1 aliphatic carbocycles. The van der Waals surface area contributed by atoms with Gasteiger partial charge in [-0.25, -0.2) is 0 Å². The maximum atomic E-state index is 13.2. The second-order valence-corrected chi connectivity index (χ2v) is 9.67. The predicted octanol–water partition coefficient (Wildman–Crippen LogP) is 4.79. The van der Waals surface area contributed by atoms with Gasteiger partial charge in [0.25, 0.3) is 0 Å². The minimum Gasteiger partial charge on any atom is -0.371 e. The zero-order valence-electron chi connectivity index (χ0n) is 19.5. The Kier molecular flexibility index (Phi) is 5.38. The smallest absolute Gasteiger partial charge is 0.164 e. The Hall–Kier alpha value is -2.92. The van der Waals surface area contributed by atoms with Crippen LogP contribution in [-0.4, -0.2) is 53.3 Å². The SMILES string of the molecule is Cc1cn2cc(C3=Cc4ccc(N5CCC(N(C)C)CC5)cc4C(C)CC3=O)cc2cn1. The van der Waals surface area contributed by atoms with Crippen LogP contribution in [-0.2, 0) is 4.79 Å². The quantitative estimate of drug-likeness (QED) is 0.601. The number of nitrogens with zero attached hydrogens (tertiary/aromatic N) is 4. The van der Waals surface area contributed by atoms with Crippen molar-refractivity contribution in [3.8, 4) is 0 Å². The Labute approximate surface area is 190 Å². The van der Waals surface area contributed by atoms with Gasteiger partial charge in [-0.2, -0.15) is 0 Å². The minimum absolute atomic E-state index is 0.200. The normalized spacial score (nSPS) is 19.9. The molecule has 1 aliphatic heterocycles. The van der Waals surface area contributed by atoms with Crippen molar-refractivity contribution in [2.24, 2.45) is 0 Å². The van der Waals surface area contributed by atoms with Crippen molar-refractivity contribution in [2.75, 3.05) is 32.1 Å². The molecule has 0 spiro atoms. The largest absolute Gasteiger partial charge is 0.371 e. The molecule has 1 aromatic carbocycles. The number of fused-ring (bicyclic) bond motifs is 2. The van der Waals surface area contributed by atoms with Gasteiger partial charge in [0.1, 0.15) is 0 Å². The summed E-state index contributed by atoms with van der Waals surface area (Å²) in [6.07, 6.45) is 10.9. The molecule has 5 heteroatoms. The van der Waals surface area contributed by atoms with Crippen LogP contribution in [0.5, 0.6) is 0 Å². The average molecular weight is 429 g/mol. The fraction of sp³-hybridized carbons (Fsp3) is 0.407. The lowest BCUT2D eigenvalue weighted by Gasteiger charge is -2.36. The summed E-state index contributed by atoms with van der Waals surface area (Å²) in [5, 5.41) is 0. The fourth-order valence-electron chi connectivity index (χ4n) is 5.20. The summed E-state index contributed by atoms with van der Waals surface area (Å²) in [5.41, 5.74) is 7.47. The van der Waals surface area contributed by atoms with Gasteiger partial charge in [0.05, 0.1) is 17.4 Å². The molecule has 3 aromatic rings. The predicted molar refractivity (Wildman–Crippen MR) is 131 cm³/mol. The molecule has 2 aliphatic rings. The summed E-state index contributed by atoms with van der Waals surface area (Å²) in [7, 11) is 4.36. The number of allylic oxidation sites excluding steroid dienone is 1. The summed E-state index contributed by atoms with van der Waals surface area (Å²) in [6, 6.07) is 9.50. The standard InChI is InChI=1S/C27H32N4O/c1-18-11-27(32)26(21-12-24-15-28-19(2)16-31(24)17-21)13-20-5-6-23(14-25(18)20)30-9-7-22(8-10-30)29(3)4/h5-6,12-18,22H,7-11H2,1-4H3. The third kappa shape index (κ3) is 3.86. The van der Waals surface area contributed by atoms with E-state index in [2.05, 4.69) is 70.5 Å². The first-order chi connectivity index (χ1) is 15.4. The van der Waals surface area contributed by atoms with Gasteiger partial charge in [0.2, 0.25) is 0 Å². The van der Waals surface area contributed by atoms with E-state index < -0.39 is 0 Å². The van der Waals surface area contributed by atoms with Crippen LogP contribution in [0.15, 0.2) is 42.9 Å². The monoisotopic (exact) mass is 428 g/mol. The zero-order chi connectivity index (χ0) is 22.4. The van der Waals surface area contributed by atoms with Crippen LogP contribution in [0.1, 0.15) is 54.5 Å². The summed E-state index contributed by atoms with van der Waals surface area (Å²) in [6.45, 7) is 6.33. The minimum atomic E-state index is 0.200. The first-order valence-corrected chi connectivity index (χ1v) is 11.6. The third-order valence-electron chi connectivity index (χ3n) is 7.17. The number of ketones is 1. The summed E-state index contributed by atoms with van der Waals surface area (Å²) >= 11 is 0. The van der Waals surface area contributed by atoms with Gasteiger partial charge in [-0.1, -0.05) is 13.0 Å². The molecule has 1 atom stereocenters. The van der Waals surface area contributed by atoms with Crippen molar-refractivity contribution in [1.29, 1.82) is 0 Å². The van der Waals surface area contributed by atoms with Crippen molar-refractivity contribution in [3.05, 3.63) is 65.2 Å². The molecule has 5 nitrogen and oxygen atoms in total. The van der Waals surface area contributed by atoms with Crippen molar-refractivity contribution < 1.29 is 4.79 Å². The Morgan fingerprint density at radius 3 is 2.62 bits per heavy atom. The zero-order valence-corrected chi connectivity index (χ0v) is 19.5. The van der Waals surface area contributed by atoms with Crippen LogP contribution in [0, 0.1) is 6.92 Å². The molecule has 166 valence electrons. The first-order valence-electron chi connectivity index (χ1n) is 11.6. The van der Waals surface area contributed by atoms with Crippen LogP contribution >= 0.6 is 0 Å². The van der Waals surface area contributed by atoms with E-state index in [4.69, 9.17) is 0 Å². The van der Waals surface area contributed by atoms with Crippen molar-refractivity contribution in [2.45, 2.75) is 45.1 Å². The van der Waals surface area contributed by atoms with Crippen LogP contribution in [0.4, 0.5) is 5.69 Å². The number of carbonyl (C=O) groups excluding carboxylic acids is 1. The van der Waals surface area contributed by atoms with E-state index in [1.807, 2.05) is 25.5 Å². The molecule has 0 radical (unpaired) electrons. The number of Topliss-reactive ketones (excluding diaryl/α,β-unsaturated/α-hetero) is 1. The number of carbonyl (C=O) groups is 1. The molecule has 5 rings (SSSR count). The molecular weight excluding hydrogens is 396 g/mol. The number of aryl methyl sites for hydroxylation is 1. The number of aromatic nitrogens is 2. The molecule has 1 saturated heterocycles. The molecule has 0 bridgehead atoms. The van der Waals surface area contributed by atoms with E-state index in [-0.39, 0.29) is 11.7 Å². The maximum Gasteiger partial charge on any atom is 0.164 e. The van der Waals surface area contributed by atoms with E-state index in [0.717, 1.165) is 41.0 Å². The molecule has 2 aromatic heterocycles. The number of hydrogen-bond donors (Lipinski definition) is 0. The number of anilines is 1. The van der Waals surface area contributed by atoms with Crippen LogP contribution in [0.2, 0.25) is 0 Å². The fourth-order valence-corrected chi connectivity index (χ4v) is 5.20. The third-order valence-corrected chi connectivity index (χ3v) is 7.17. The van der Waals surface area contributed by atoms with Crippen molar-refractivity contribution in [3.63, 3.8) is 0 Å². The molecule has 0 saturated carbocycles. The van der Waals surface area contributed by atoms with E-state index in [0.29, 0.717) is 12.5 Å². The highest BCUT2D eigenvalue weighted by atomic mass is 16.1. The topological polar surface area (TPSA) is 40.9 Å². The molecule has 0 amide bonds. The van der Waals surface area contributed by atoms with Crippen LogP contribution in [0.25, 0.3) is 17.2 Å². The van der Waals surface area contributed by atoms with E-state index in [1.54, 1.807) is 0 Å². The molecule has 3 heterocycles. The number of rotatable bonds is 3. The second-order valence-electron chi connectivity index (χ2n) is 9.67. The number of benzene rings is 1. The van der Waals surface area contributed by atoms with Crippen LogP contribution < -0.4 is 4.90 Å². The molecule has 1 fully saturated rings. The Bertz CT molecular complexity index is 1200. The average Bonchev–Trinajstić information content (AvgIpc) is 3.14. The molecule has 1 unspecified atom stereocenters. The van der Waals surface area contributed by atoms with Crippen LogP contribution in [0.3, 0.4) is 0 Å².